The van der Waals surface area contributed by atoms with E-state index in [0.29, 0.717) is 10.8 Å². The van der Waals surface area contributed by atoms with Crippen molar-refractivity contribution in [2.75, 3.05) is 7.11 Å². The predicted octanol–water partition coefficient (Wildman–Crippen LogP) is 4.00. The van der Waals surface area contributed by atoms with E-state index in [-0.39, 0.29) is 0 Å². The quantitative estimate of drug-likeness (QED) is 0.724. The van der Waals surface area contributed by atoms with Gasteiger partial charge in [-0.05, 0) is 35.4 Å². The second-order valence-electron chi connectivity index (χ2n) is 3.57. The summed E-state index contributed by atoms with van der Waals surface area (Å²) in [6.45, 7) is 0. The van der Waals surface area contributed by atoms with Gasteiger partial charge in [0.1, 0.15) is 5.75 Å². The zero-order chi connectivity index (χ0) is 12.3. The Morgan fingerprint density at radius 1 is 1.06 bits per heavy atom. The maximum Gasteiger partial charge on any atom is 0.138 e. The molecule has 0 atom stereocenters. The number of halogens is 1. The summed E-state index contributed by atoms with van der Waals surface area (Å²) in [6.07, 6.45) is 5.32. The molecule has 2 aromatic rings. The van der Waals surface area contributed by atoms with Crippen LogP contribution < -0.4 is 4.74 Å². The molecule has 0 spiro atoms. The lowest BCUT2D eigenvalue weighted by atomic mass is 10.0. The molecule has 2 aromatic carbocycles. The van der Waals surface area contributed by atoms with Crippen molar-refractivity contribution in [3.63, 3.8) is 0 Å². The van der Waals surface area contributed by atoms with Crippen LogP contribution in [0.25, 0.3) is 11.1 Å². The first-order chi connectivity index (χ1) is 8.24. The van der Waals surface area contributed by atoms with Gasteiger partial charge in [-0.2, -0.15) is 0 Å². The Morgan fingerprint density at radius 2 is 1.71 bits per heavy atom. The van der Waals surface area contributed by atoms with Gasteiger partial charge in [0.2, 0.25) is 0 Å². The molecule has 0 N–H and O–H groups in total. The zero-order valence-corrected chi connectivity index (χ0v) is 10.2. The maximum atomic E-state index is 5.98. The molecule has 0 saturated heterocycles. The average molecular weight is 243 g/mol. The summed E-state index contributed by atoms with van der Waals surface area (Å²) >= 11 is 5.98. The first-order valence-corrected chi connectivity index (χ1v) is 5.53. The number of ether oxygens (including phenoxy) is 1. The van der Waals surface area contributed by atoms with Crippen LogP contribution in [0.4, 0.5) is 0 Å². The van der Waals surface area contributed by atoms with Gasteiger partial charge in [0, 0.05) is 5.56 Å². The molecule has 0 aliphatic rings. The Morgan fingerprint density at radius 3 is 2.29 bits per heavy atom. The third kappa shape index (κ3) is 2.43. The van der Waals surface area contributed by atoms with Crippen LogP contribution in [-0.4, -0.2) is 7.11 Å². The fourth-order valence-corrected chi connectivity index (χ4v) is 1.79. The summed E-state index contributed by atoms with van der Waals surface area (Å²) in [5.41, 5.74) is 3.00. The smallest absolute Gasteiger partial charge is 0.138 e. The number of terminal acetylenes is 1. The van der Waals surface area contributed by atoms with E-state index in [2.05, 4.69) is 5.92 Å². The van der Waals surface area contributed by atoms with Crippen molar-refractivity contribution in [1.29, 1.82) is 0 Å². The number of hydrogen-bond acceptors (Lipinski definition) is 1. The number of rotatable bonds is 2. The van der Waals surface area contributed by atoms with E-state index >= 15 is 0 Å². The summed E-state index contributed by atoms with van der Waals surface area (Å²) in [5.74, 6) is 3.26. The van der Waals surface area contributed by atoms with E-state index in [1.165, 1.54) is 0 Å². The lowest BCUT2D eigenvalue weighted by Crippen LogP contribution is -1.85. The van der Waals surface area contributed by atoms with Crippen molar-refractivity contribution >= 4 is 11.6 Å². The summed E-state index contributed by atoms with van der Waals surface area (Å²) < 4.78 is 5.19. The van der Waals surface area contributed by atoms with Crippen LogP contribution in [0.15, 0.2) is 42.5 Å². The SMILES string of the molecule is C#Cc1ccc(-c2ccc(Cl)c(OC)c2)cc1. The van der Waals surface area contributed by atoms with E-state index in [0.717, 1.165) is 16.7 Å². The lowest BCUT2D eigenvalue weighted by Gasteiger charge is -2.06. The fourth-order valence-electron chi connectivity index (χ4n) is 1.60. The van der Waals surface area contributed by atoms with Crippen LogP contribution in [0.3, 0.4) is 0 Å². The van der Waals surface area contributed by atoms with Crippen LogP contribution in [0.2, 0.25) is 5.02 Å². The van der Waals surface area contributed by atoms with Crippen molar-refractivity contribution in [2.45, 2.75) is 0 Å². The highest BCUT2D eigenvalue weighted by atomic mass is 35.5. The highest BCUT2D eigenvalue weighted by Gasteiger charge is 2.03. The normalized spacial score (nSPS) is 9.71. The lowest BCUT2D eigenvalue weighted by molar-refractivity contribution is 0.415. The van der Waals surface area contributed by atoms with Gasteiger partial charge in [0.25, 0.3) is 0 Å². The Balaban J connectivity index is 2.42. The van der Waals surface area contributed by atoms with Crippen LogP contribution in [-0.2, 0) is 0 Å². The predicted molar refractivity (Wildman–Crippen MR) is 71.4 cm³/mol. The number of methoxy groups -OCH3 is 1. The van der Waals surface area contributed by atoms with Crippen molar-refractivity contribution in [1.82, 2.24) is 0 Å². The van der Waals surface area contributed by atoms with Crippen molar-refractivity contribution in [3.8, 4) is 29.2 Å². The molecule has 0 fully saturated rings. The van der Waals surface area contributed by atoms with Gasteiger partial charge in [-0.15, -0.1) is 6.42 Å². The molecule has 0 radical (unpaired) electrons. The summed E-state index contributed by atoms with van der Waals surface area (Å²) in [7, 11) is 1.60. The number of hydrogen-bond donors (Lipinski definition) is 0. The molecule has 17 heavy (non-hydrogen) atoms. The third-order valence-corrected chi connectivity index (χ3v) is 2.85. The van der Waals surface area contributed by atoms with E-state index in [1.807, 2.05) is 42.5 Å². The maximum absolute atomic E-state index is 5.98. The van der Waals surface area contributed by atoms with Crippen LogP contribution in [0, 0.1) is 12.3 Å². The largest absolute Gasteiger partial charge is 0.495 e. The molecule has 2 heteroatoms. The van der Waals surface area contributed by atoms with Gasteiger partial charge in [-0.25, -0.2) is 0 Å². The molecular formula is C15H11ClO. The van der Waals surface area contributed by atoms with E-state index in [1.54, 1.807) is 7.11 Å². The van der Waals surface area contributed by atoms with Gasteiger partial charge in [0.15, 0.2) is 0 Å². The Kier molecular flexibility index (Phi) is 3.37. The highest BCUT2D eigenvalue weighted by molar-refractivity contribution is 6.32. The van der Waals surface area contributed by atoms with Crippen LogP contribution in [0.5, 0.6) is 5.75 Å². The number of benzene rings is 2. The van der Waals surface area contributed by atoms with Gasteiger partial charge < -0.3 is 4.74 Å². The van der Waals surface area contributed by atoms with Gasteiger partial charge in [0.05, 0.1) is 12.1 Å². The molecule has 0 unspecified atom stereocenters. The van der Waals surface area contributed by atoms with Crippen molar-refractivity contribution < 1.29 is 4.74 Å². The minimum absolute atomic E-state index is 0.608. The van der Waals surface area contributed by atoms with E-state index < -0.39 is 0 Å². The Labute approximate surface area is 106 Å². The van der Waals surface area contributed by atoms with Crippen LogP contribution >= 0.6 is 11.6 Å². The van der Waals surface area contributed by atoms with E-state index in [9.17, 15) is 0 Å². The molecule has 0 heterocycles. The standard InChI is InChI=1S/C15H11ClO/c1-3-11-4-6-12(7-5-11)13-8-9-14(16)15(10-13)17-2/h1,4-10H,2H3. The van der Waals surface area contributed by atoms with Crippen molar-refractivity contribution in [3.05, 3.63) is 53.1 Å². The first kappa shape index (κ1) is 11.6. The Bertz CT molecular complexity index is 564. The molecule has 0 bridgehead atoms. The Hall–Kier alpha value is -1.91. The second-order valence-corrected chi connectivity index (χ2v) is 3.98. The van der Waals surface area contributed by atoms with Gasteiger partial charge in [-0.1, -0.05) is 35.7 Å². The first-order valence-electron chi connectivity index (χ1n) is 5.15. The summed E-state index contributed by atoms with van der Waals surface area (Å²) in [6, 6.07) is 13.5. The molecule has 0 aliphatic carbocycles. The summed E-state index contributed by atoms with van der Waals surface area (Å²) in [4.78, 5) is 0. The van der Waals surface area contributed by atoms with Gasteiger partial charge >= 0.3 is 0 Å². The van der Waals surface area contributed by atoms with Crippen molar-refractivity contribution in [2.24, 2.45) is 0 Å². The molecule has 0 amide bonds. The molecule has 2 rings (SSSR count). The third-order valence-electron chi connectivity index (χ3n) is 2.54. The van der Waals surface area contributed by atoms with Crippen LogP contribution in [0.1, 0.15) is 5.56 Å². The second kappa shape index (κ2) is 4.95. The minimum Gasteiger partial charge on any atom is -0.495 e. The molecule has 0 saturated carbocycles. The average Bonchev–Trinajstić information content (AvgIpc) is 2.39. The topological polar surface area (TPSA) is 9.23 Å². The zero-order valence-electron chi connectivity index (χ0n) is 9.41. The molecule has 84 valence electrons. The minimum atomic E-state index is 0.608. The van der Waals surface area contributed by atoms with Gasteiger partial charge in [-0.3, -0.25) is 0 Å². The fraction of sp³-hybridized carbons (Fsp3) is 0.0667. The molecular weight excluding hydrogens is 232 g/mol. The molecule has 0 aromatic heterocycles. The summed E-state index contributed by atoms with van der Waals surface area (Å²) in [5, 5.41) is 0.608. The highest BCUT2D eigenvalue weighted by Crippen LogP contribution is 2.30. The molecule has 0 aliphatic heterocycles. The van der Waals surface area contributed by atoms with E-state index in [4.69, 9.17) is 22.8 Å². The molecule has 1 nitrogen and oxygen atoms in total. The monoisotopic (exact) mass is 242 g/mol.